The molecule has 0 aromatic heterocycles. The minimum atomic E-state index is -0.454. The molecule has 1 rings (SSSR count). The number of amides is 1. The molecule has 4 nitrogen and oxygen atoms in total. The van der Waals surface area contributed by atoms with Crippen LogP contribution in [-0.2, 0) is 11.3 Å². The van der Waals surface area contributed by atoms with Gasteiger partial charge in [-0.3, -0.25) is 0 Å². The molecule has 23 heavy (non-hydrogen) atoms. The maximum absolute atomic E-state index is 12.0. The largest absolute Gasteiger partial charge is 0.444 e. The molecular weight excluding hydrogens is 380 g/mol. The molecule has 1 N–H and O–H groups in total. The van der Waals surface area contributed by atoms with E-state index in [-0.39, 0.29) is 6.09 Å². The Bertz CT molecular complexity index is 518. The summed E-state index contributed by atoms with van der Waals surface area (Å²) >= 11 is 9.39. The van der Waals surface area contributed by atoms with E-state index in [0.717, 1.165) is 24.0 Å². The van der Waals surface area contributed by atoms with Gasteiger partial charge in [0, 0.05) is 24.1 Å². The monoisotopic (exact) mass is 404 g/mol. The topological polar surface area (TPSA) is 41.6 Å². The molecule has 0 heterocycles. The van der Waals surface area contributed by atoms with Crippen LogP contribution in [0.15, 0.2) is 22.7 Å². The summed E-state index contributed by atoms with van der Waals surface area (Å²) in [6.45, 7) is 10.5. The first-order valence-corrected chi connectivity index (χ1v) is 9.02. The van der Waals surface area contributed by atoms with Crippen molar-refractivity contribution < 1.29 is 9.53 Å². The third kappa shape index (κ3) is 8.04. The van der Waals surface area contributed by atoms with Gasteiger partial charge in [-0.05, 0) is 74.3 Å². The second kappa shape index (κ2) is 9.50. The van der Waals surface area contributed by atoms with E-state index in [4.69, 9.17) is 16.3 Å². The molecule has 0 saturated carbocycles. The molecule has 0 bridgehead atoms. The van der Waals surface area contributed by atoms with Crippen LogP contribution in [0.1, 0.15) is 39.7 Å². The van der Waals surface area contributed by atoms with Crippen molar-refractivity contribution in [2.24, 2.45) is 0 Å². The molecule has 0 atom stereocenters. The highest BCUT2D eigenvalue weighted by Crippen LogP contribution is 2.23. The minimum absolute atomic E-state index is 0.248. The number of ether oxygens (including phenoxy) is 1. The minimum Gasteiger partial charge on any atom is -0.444 e. The predicted molar refractivity (Wildman–Crippen MR) is 99.0 cm³/mol. The van der Waals surface area contributed by atoms with Gasteiger partial charge in [0.15, 0.2) is 0 Å². The second-order valence-electron chi connectivity index (χ2n) is 6.34. The van der Waals surface area contributed by atoms with Gasteiger partial charge in [-0.15, -0.1) is 0 Å². The van der Waals surface area contributed by atoms with Crippen LogP contribution in [0.5, 0.6) is 0 Å². The highest BCUT2D eigenvalue weighted by molar-refractivity contribution is 9.10. The van der Waals surface area contributed by atoms with Crippen molar-refractivity contribution in [3.8, 4) is 0 Å². The summed E-state index contributed by atoms with van der Waals surface area (Å²) in [7, 11) is 0. The molecule has 0 aliphatic carbocycles. The van der Waals surface area contributed by atoms with Crippen molar-refractivity contribution in [2.75, 3.05) is 19.6 Å². The molecule has 0 radical (unpaired) electrons. The van der Waals surface area contributed by atoms with Crippen molar-refractivity contribution in [3.63, 3.8) is 0 Å². The van der Waals surface area contributed by atoms with Crippen molar-refractivity contribution in [1.82, 2.24) is 10.2 Å². The molecule has 6 heteroatoms. The maximum atomic E-state index is 12.0. The van der Waals surface area contributed by atoms with Gasteiger partial charge in [-0.25, -0.2) is 4.79 Å². The molecule has 0 spiro atoms. The molecule has 130 valence electrons. The average Bonchev–Trinajstić information content (AvgIpc) is 2.44. The van der Waals surface area contributed by atoms with Gasteiger partial charge in [0.25, 0.3) is 0 Å². The van der Waals surface area contributed by atoms with E-state index in [1.807, 2.05) is 45.9 Å². The Morgan fingerprint density at radius 1 is 1.39 bits per heavy atom. The van der Waals surface area contributed by atoms with E-state index < -0.39 is 5.60 Å². The van der Waals surface area contributed by atoms with Crippen LogP contribution >= 0.6 is 27.5 Å². The van der Waals surface area contributed by atoms with E-state index in [2.05, 4.69) is 21.2 Å². The first-order chi connectivity index (χ1) is 10.7. The number of nitrogens with one attached hydrogen (secondary N) is 1. The molecule has 0 aliphatic heterocycles. The summed E-state index contributed by atoms with van der Waals surface area (Å²) in [5.74, 6) is 0. The standard InChI is InChI=1S/C17H26BrClN2O2/c1-5-21(16(22)23-17(2,3)4)10-6-9-20-12-13-7-8-15(19)14(18)11-13/h7-8,11,20H,5-6,9-10,12H2,1-4H3. The lowest BCUT2D eigenvalue weighted by Crippen LogP contribution is -2.38. The van der Waals surface area contributed by atoms with Gasteiger partial charge >= 0.3 is 6.09 Å². The first-order valence-electron chi connectivity index (χ1n) is 7.85. The lowest BCUT2D eigenvalue weighted by Gasteiger charge is -2.26. The van der Waals surface area contributed by atoms with Crippen LogP contribution in [0.3, 0.4) is 0 Å². The van der Waals surface area contributed by atoms with Crippen LogP contribution in [0.25, 0.3) is 0 Å². The SMILES string of the molecule is CCN(CCCNCc1ccc(Cl)c(Br)c1)C(=O)OC(C)(C)C. The fraction of sp³-hybridized carbons (Fsp3) is 0.588. The van der Waals surface area contributed by atoms with Crippen LogP contribution < -0.4 is 5.32 Å². The first kappa shape index (κ1) is 20.3. The van der Waals surface area contributed by atoms with Gasteiger partial charge < -0.3 is 15.0 Å². The van der Waals surface area contributed by atoms with Gasteiger partial charge in [0.05, 0.1) is 5.02 Å². The highest BCUT2D eigenvalue weighted by Gasteiger charge is 2.20. The molecule has 0 aliphatic rings. The van der Waals surface area contributed by atoms with E-state index >= 15 is 0 Å². The molecule has 1 aromatic carbocycles. The number of carbonyl (C=O) groups excluding carboxylic acids is 1. The number of benzene rings is 1. The van der Waals surface area contributed by atoms with E-state index in [0.29, 0.717) is 18.1 Å². The molecule has 0 saturated heterocycles. The van der Waals surface area contributed by atoms with Crippen molar-refractivity contribution in [1.29, 1.82) is 0 Å². The van der Waals surface area contributed by atoms with Crippen LogP contribution in [0.2, 0.25) is 5.02 Å². The zero-order chi connectivity index (χ0) is 17.5. The lowest BCUT2D eigenvalue weighted by molar-refractivity contribution is 0.0258. The predicted octanol–water partition coefficient (Wildman–Crippen LogP) is 4.84. The molecule has 1 amide bonds. The zero-order valence-electron chi connectivity index (χ0n) is 14.3. The van der Waals surface area contributed by atoms with Gasteiger partial charge in [0.2, 0.25) is 0 Å². The quantitative estimate of drug-likeness (QED) is 0.660. The van der Waals surface area contributed by atoms with E-state index in [1.165, 1.54) is 5.56 Å². The number of rotatable bonds is 7. The molecular formula is C17H26BrClN2O2. The smallest absolute Gasteiger partial charge is 0.410 e. The Morgan fingerprint density at radius 3 is 2.65 bits per heavy atom. The molecule has 0 unspecified atom stereocenters. The third-order valence-corrected chi connectivity index (χ3v) is 4.34. The fourth-order valence-electron chi connectivity index (χ4n) is 1.98. The summed E-state index contributed by atoms with van der Waals surface area (Å²) in [4.78, 5) is 13.7. The zero-order valence-corrected chi connectivity index (χ0v) is 16.6. The number of halogens is 2. The van der Waals surface area contributed by atoms with E-state index in [1.54, 1.807) is 4.90 Å². The summed E-state index contributed by atoms with van der Waals surface area (Å²) in [5, 5.41) is 4.08. The Hall–Kier alpha value is -0.780. The van der Waals surface area contributed by atoms with Crippen LogP contribution in [0, 0.1) is 0 Å². The van der Waals surface area contributed by atoms with Crippen LogP contribution in [0.4, 0.5) is 4.79 Å². The summed E-state index contributed by atoms with van der Waals surface area (Å²) in [6, 6.07) is 5.89. The number of hydrogen-bond donors (Lipinski definition) is 1. The normalized spacial score (nSPS) is 11.4. The summed E-state index contributed by atoms with van der Waals surface area (Å²) < 4.78 is 6.29. The lowest BCUT2D eigenvalue weighted by atomic mass is 10.2. The molecule has 1 aromatic rings. The summed E-state index contributed by atoms with van der Waals surface area (Å²) in [5.41, 5.74) is 0.714. The van der Waals surface area contributed by atoms with Crippen LogP contribution in [-0.4, -0.2) is 36.2 Å². The van der Waals surface area contributed by atoms with Gasteiger partial charge in [-0.2, -0.15) is 0 Å². The van der Waals surface area contributed by atoms with Crippen molar-refractivity contribution in [3.05, 3.63) is 33.3 Å². The Morgan fingerprint density at radius 2 is 2.09 bits per heavy atom. The second-order valence-corrected chi connectivity index (χ2v) is 7.60. The van der Waals surface area contributed by atoms with Gasteiger partial charge in [0.1, 0.15) is 5.60 Å². The Labute approximate surface area is 152 Å². The van der Waals surface area contributed by atoms with Crippen molar-refractivity contribution in [2.45, 2.75) is 46.3 Å². The summed E-state index contributed by atoms with van der Waals surface area (Å²) in [6.07, 6.45) is 0.628. The van der Waals surface area contributed by atoms with E-state index in [9.17, 15) is 4.79 Å². The Kier molecular flexibility index (Phi) is 8.37. The number of carbonyl (C=O) groups is 1. The van der Waals surface area contributed by atoms with Gasteiger partial charge in [-0.1, -0.05) is 17.7 Å². The number of nitrogens with zero attached hydrogens (tertiary/aromatic N) is 1. The number of hydrogen-bond acceptors (Lipinski definition) is 3. The highest BCUT2D eigenvalue weighted by atomic mass is 79.9. The Balaban J connectivity index is 2.29. The average molecular weight is 406 g/mol. The fourth-order valence-corrected chi connectivity index (χ4v) is 2.53. The third-order valence-electron chi connectivity index (χ3n) is 3.13. The molecule has 0 fully saturated rings. The van der Waals surface area contributed by atoms with Crippen molar-refractivity contribution >= 4 is 33.6 Å². The maximum Gasteiger partial charge on any atom is 0.410 e.